The van der Waals surface area contributed by atoms with Gasteiger partial charge >= 0.3 is 0 Å². The van der Waals surface area contributed by atoms with Gasteiger partial charge in [-0.2, -0.15) is 5.10 Å². The van der Waals surface area contributed by atoms with Crippen LogP contribution in [0.15, 0.2) is 29.9 Å². The van der Waals surface area contributed by atoms with Gasteiger partial charge in [-0.1, -0.05) is 6.07 Å². The fourth-order valence-electron chi connectivity index (χ4n) is 1.92. The standard InChI is InChI=1S/C14H18N2OS/c1-16-11-12(10-15-16)7-8-13(17)4-2-5-14-6-3-9-18-14/h3,6,9-11H,2,4-5,7-8H2,1H3. The molecule has 0 saturated heterocycles. The predicted molar refractivity (Wildman–Crippen MR) is 73.8 cm³/mol. The minimum absolute atomic E-state index is 0.357. The lowest BCUT2D eigenvalue weighted by Crippen LogP contribution is -2.00. The summed E-state index contributed by atoms with van der Waals surface area (Å²) in [5, 5.41) is 6.18. The number of aromatic nitrogens is 2. The number of carbonyl (C=O) groups excluding carboxylic acids is 1. The second-order valence-electron chi connectivity index (χ2n) is 4.49. The van der Waals surface area contributed by atoms with Crippen molar-refractivity contribution in [2.24, 2.45) is 7.05 Å². The van der Waals surface area contributed by atoms with Crippen LogP contribution in [-0.2, 0) is 24.7 Å². The molecule has 96 valence electrons. The Balaban J connectivity index is 1.63. The second kappa shape index (κ2) is 6.50. The molecule has 18 heavy (non-hydrogen) atoms. The molecule has 0 unspecified atom stereocenters. The minimum atomic E-state index is 0.357. The molecule has 2 rings (SSSR count). The summed E-state index contributed by atoms with van der Waals surface area (Å²) in [6.07, 6.45) is 7.93. The molecule has 0 spiro atoms. The molecule has 0 radical (unpaired) electrons. The average Bonchev–Trinajstić information content (AvgIpc) is 2.98. The molecule has 4 heteroatoms. The summed E-state index contributed by atoms with van der Waals surface area (Å²) in [7, 11) is 1.90. The van der Waals surface area contributed by atoms with Crippen molar-refractivity contribution in [3.05, 3.63) is 40.3 Å². The van der Waals surface area contributed by atoms with Crippen LogP contribution in [0.2, 0.25) is 0 Å². The molecule has 0 N–H and O–H groups in total. The van der Waals surface area contributed by atoms with Crippen molar-refractivity contribution in [3.63, 3.8) is 0 Å². The highest BCUT2D eigenvalue weighted by Gasteiger charge is 2.04. The van der Waals surface area contributed by atoms with Gasteiger partial charge in [-0.05, 0) is 36.3 Å². The molecular formula is C14H18N2OS. The maximum Gasteiger partial charge on any atom is 0.133 e. The highest BCUT2D eigenvalue weighted by molar-refractivity contribution is 7.09. The zero-order valence-electron chi connectivity index (χ0n) is 10.6. The monoisotopic (exact) mass is 262 g/mol. The molecule has 0 atom stereocenters. The zero-order chi connectivity index (χ0) is 12.8. The molecule has 2 aromatic heterocycles. The van der Waals surface area contributed by atoms with E-state index in [9.17, 15) is 4.79 Å². The second-order valence-corrected chi connectivity index (χ2v) is 5.53. The Kier molecular flexibility index (Phi) is 4.70. The van der Waals surface area contributed by atoms with Gasteiger partial charge in [-0.25, -0.2) is 0 Å². The van der Waals surface area contributed by atoms with E-state index in [1.807, 2.05) is 19.4 Å². The van der Waals surface area contributed by atoms with Crippen molar-refractivity contribution in [2.75, 3.05) is 0 Å². The Morgan fingerprint density at radius 1 is 1.39 bits per heavy atom. The van der Waals surface area contributed by atoms with Gasteiger partial charge in [0.25, 0.3) is 0 Å². The summed E-state index contributed by atoms with van der Waals surface area (Å²) in [5.74, 6) is 0.357. The molecule has 0 bridgehead atoms. The van der Waals surface area contributed by atoms with Gasteiger partial charge in [0.2, 0.25) is 0 Å². The van der Waals surface area contributed by atoms with Gasteiger partial charge in [0.05, 0.1) is 6.20 Å². The van der Waals surface area contributed by atoms with Crippen LogP contribution in [0.1, 0.15) is 29.7 Å². The Labute approximate surface area is 111 Å². The molecule has 0 aliphatic carbocycles. The maximum absolute atomic E-state index is 11.7. The summed E-state index contributed by atoms with van der Waals surface area (Å²) in [6, 6.07) is 4.19. The van der Waals surface area contributed by atoms with Crippen LogP contribution >= 0.6 is 11.3 Å². The predicted octanol–water partition coefficient (Wildman–Crippen LogP) is 3.01. The number of thiophene rings is 1. The molecule has 0 amide bonds. The molecule has 0 aromatic carbocycles. The maximum atomic E-state index is 11.7. The lowest BCUT2D eigenvalue weighted by Gasteiger charge is -1.99. The summed E-state index contributed by atoms with van der Waals surface area (Å²) in [6.45, 7) is 0. The normalized spacial score (nSPS) is 10.7. The Hall–Kier alpha value is -1.42. The van der Waals surface area contributed by atoms with E-state index in [0.29, 0.717) is 18.6 Å². The van der Waals surface area contributed by atoms with Crippen molar-refractivity contribution in [3.8, 4) is 0 Å². The quantitative estimate of drug-likeness (QED) is 0.769. The number of ketones is 1. The number of nitrogens with zero attached hydrogens (tertiary/aromatic N) is 2. The molecule has 0 fully saturated rings. The van der Waals surface area contributed by atoms with E-state index in [-0.39, 0.29) is 0 Å². The summed E-state index contributed by atoms with van der Waals surface area (Å²) >= 11 is 1.77. The van der Waals surface area contributed by atoms with Crippen molar-refractivity contribution in [2.45, 2.75) is 32.1 Å². The van der Waals surface area contributed by atoms with Crippen LogP contribution in [0.3, 0.4) is 0 Å². The Morgan fingerprint density at radius 3 is 2.94 bits per heavy atom. The van der Waals surface area contributed by atoms with Gasteiger partial charge < -0.3 is 0 Å². The first-order valence-corrected chi connectivity index (χ1v) is 7.13. The molecule has 0 aliphatic rings. The van der Waals surface area contributed by atoms with Gasteiger partial charge in [0, 0.05) is 31.0 Å². The Morgan fingerprint density at radius 2 is 2.28 bits per heavy atom. The van der Waals surface area contributed by atoms with Crippen molar-refractivity contribution in [1.82, 2.24) is 9.78 Å². The third-order valence-electron chi connectivity index (χ3n) is 2.91. The van der Waals surface area contributed by atoms with Crippen LogP contribution in [-0.4, -0.2) is 15.6 Å². The van der Waals surface area contributed by atoms with E-state index < -0.39 is 0 Å². The number of aryl methyl sites for hydroxylation is 3. The zero-order valence-corrected chi connectivity index (χ0v) is 11.4. The van der Waals surface area contributed by atoms with Gasteiger partial charge in [0.15, 0.2) is 0 Å². The average molecular weight is 262 g/mol. The first-order chi connectivity index (χ1) is 8.74. The molecule has 3 nitrogen and oxygen atoms in total. The number of hydrogen-bond donors (Lipinski definition) is 0. The van der Waals surface area contributed by atoms with Crippen LogP contribution in [0.25, 0.3) is 0 Å². The summed E-state index contributed by atoms with van der Waals surface area (Å²) < 4.78 is 1.77. The number of rotatable bonds is 7. The third-order valence-corrected chi connectivity index (χ3v) is 3.85. The molecule has 0 aliphatic heterocycles. The highest BCUT2D eigenvalue weighted by atomic mass is 32.1. The van der Waals surface area contributed by atoms with E-state index in [2.05, 4.69) is 22.6 Å². The van der Waals surface area contributed by atoms with Gasteiger partial charge in [0.1, 0.15) is 5.78 Å². The van der Waals surface area contributed by atoms with Crippen molar-refractivity contribution < 1.29 is 4.79 Å². The Bertz CT molecular complexity index is 488. The lowest BCUT2D eigenvalue weighted by molar-refractivity contribution is -0.119. The van der Waals surface area contributed by atoms with E-state index in [0.717, 1.165) is 24.8 Å². The van der Waals surface area contributed by atoms with Crippen LogP contribution in [0, 0.1) is 0 Å². The SMILES string of the molecule is Cn1cc(CCC(=O)CCCc2cccs2)cn1. The van der Waals surface area contributed by atoms with Crippen LogP contribution in [0.4, 0.5) is 0 Å². The topological polar surface area (TPSA) is 34.9 Å². The van der Waals surface area contributed by atoms with Gasteiger partial charge in [-0.3, -0.25) is 9.48 Å². The largest absolute Gasteiger partial charge is 0.300 e. The first kappa shape index (κ1) is 13.0. The molecule has 0 saturated carbocycles. The number of hydrogen-bond acceptors (Lipinski definition) is 3. The smallest absolute Gasteiger partial charge is 0.133 e. The van der Waals surface area contributed by atoms with Crippen molar-refractivity contribution in [1.29, 1.82) is 0 Å². The van der Waals surface area contributed by atoms with Crippen LogP contribution in [0.5, 0.6) is 0 Å². The van der Waals surface area contributed by atoms with E-state index in [1.54, 1.807) is 16.0 Å². The van der Waals surface area contributed by atoms with Crippen molar-refractivity contribution >= 4 is 17.1 Å². The minimum Gasteiger partial charge on any atom is -0.300 e. The fourth-order valence-corrected chi connectivity index (χ4v) is 2.68. The highest BCUT2D eigenvalue weighted by Crippen LogP contribution is 2.13. The third kappa shape index (κ3) is 4.11. The van der Waals surface area contributed by atoms with Crippen LogP contribution < -0.4 is 0 Å². The van der Waals surface area contributed by atoms with E-state index in [1.165, 1.54) is 4.88 Å². The summed E-state index contributed by atoms with van der Waals surface area (Å²) in [5.41, 5.74) is 1.14. The number of Topliss-reactive ketones (excluding diaryl/α,β-unsaturated/α-hetero) is 1. The van der Waals surface area contributed by atoms with E-state index >= 15 is 0 Å². The summed E-state index contributed by atoms with van der Waals surface area (Å²) in [4.78, 5) is 13.1. The number of carbonyl (C=O) groups is 1. The fraction of sp³-hybridized carbons (Fsp3) is 0.429. The first-order valence-electron chi connectivity index (χ1n) is 6.25. The molecular weight excluding hydrogens is 244 g/mol. The lowest BCUT2D eigenvalue weighted by atomic mass is 10.1. The molecule has 2 aromatic rings. The van der Waals surface area contributed by atoms with Gasteiger partial charge in [-0.15, -0.1) is 11.3 Å². The molecule has 2 heterocycles. The van der Waals surface area contributed by atoms with E-state index in [4.69, 9.17) is 0 Å².